The minimum atomic E-state index is -1.16. The molecule has 3 aliphatic heterocycles. The molecule has 3 saturated heterocycles. The number of carbonyl (C=O) groups excluding carboxylic acids is 10. The summed E-state index contributed by atoms with van der Waals surface area (Å²) in [6.07, 6.45) is 8.44. The first-order valence-corrected chi connectivity index (χ1v) is 34.6. The highest BCUT2D eigenvalue weighted by atomic mass is 16.7. The van der Waals surface area contributed by atoms with Crippen LogP contribution in [0.4, 0.5) is 9.59 Å². The SMILES string of the molecule is CN(CC(=O)CCCOCCOCCOCCOCCCC(=O)CCC(C(=O)O)N1CCN(CC(=O)O)CCN(CC(=O)O)CCN(CC(=O)O)CC1)C(=O)O[C@@H]1/C=C/CC[C@](C)(C(=O)ON2C(=O)CCC2=O)CC1.CN(CC(=O)O)C(=O)O[C@@H]1/C=C/CC[C@](C)(C(=O)ON2C(=O)CCC2=O)CC1. The third kappa shape index (κ3) is 33.3. The van der Waals surface area contributed by atoms with Crippen molar-refractivity contribution in [2.45, 2.75) is 148 Å². The van der Waals surface area contributed by atoms with E-state index < -0.39 is 113 Å². The van der Waals surface area contributed by atoms with Crippen LogP contribution in [0.5, 0.6) is 0 Å². The summed E-state index contributed by atoms with van der Waals surface area (Å²) in [4.78, 5) is 200. The summed E-state index contributed by atoms with van der Waals surface area (Å²) in [5.41, 5.74) is -1.98. The molecule has 0 aromatic carbocycles. The fourth-order valence-electron chi connectivity index (χ4n) is 11.4. The Balaban J connectivity index is 0.000000665. The molecule has 6 amide bonds. The highest BCUT2D eigenvalue weighted by Gasteiger charge is 2.43. The maximum absolute atomic E-state index is 13.0. The van der Waals surface area contributed by atoms with E-state index in [1.165, 1.54) is 19.0 Å². The number of hydroxylamine groups is 4. The van der Waals surface area contributed by atoms with E-state index in [4.69, 9.17) is 43.2 Å². The number of carboxylic acid groups (broad SMARTS) is 5. The number of allylic oxidation sites excluding steroid dienone is 2. The molecule has 0 saturated carbocycles. The number of nitrogens with zero attached hydrogens (tertiary/aromatic N) is 8. The van der Waals surface area contributed by atoms with E-state index in [1.54, 1.807) is 57.8 Å². The first kappa shape index (κ1) is 87.0. The van der Waals surface area contributed by atoms with Crippen LogP contribution in [0.25, 0.3) is 0 Å². The number of rotatable bonds is 38. The topological polar surface area (TPSA) is 457 Å². The average molecular weight is 1470 g/mol. The van der Waals surface area contributed by atoms with Gasteiger partial charge in [0.25, 0.3) is 23.6 Å². The first-order chi connectivity index (χ1) is 48.9. The smallest absolute Gasteiger partial charge is 0.410 e. The van der Waals surface area contributed by atoms with Crippen molar-refractivity contribution in [1.29, 1.82) is 0 Å². The summed E-state index contributed by atoms with van der Waals surface area (Å²) in [6, 6.07) is -1.09. The fourth-order valence-corrected chi connectivity index (χ4v) is 11.4. The molecule has 1 unspecified atom stereocenters. The quantitative estimate of drug-likeness (QED) is 0.0335. The van der Waals surface area contributed by atoms with Crippen LogP contribution in [0.15, 0.2) is 24.3 Å². The summed E-state index contributed by atoms with van der Waals surface area (Å²) < 4.78 is 33.0. The average Bonchev–Trinajstić information content (AvgIpc) is 1.81. The molecule has 0 bridgehead atoms. The maximum atomic E-state index is 13.0. The zero-order valence-electron chi connectivity index (χ0n) is 59.3. The van der Waals surface area contributed by atoms with Crippen LogP contribution < -0.4 is 0 Å². The molecule has 3 heterocycles. The third-order valence-corrected chi connectivity index (χ3v) is 17.6. The van der Waals surface area contributed by atoms with Gasteiger partial charge in [-0.05, 0) is 96.6 Å². The molecule has 5 N–H and O–H groups in total. The van der Waals surface area contributed by atoms with Crippen molar-refractivity contribution in [3.05, 3.63) is 24.3 Å². The van der Waals surface area contributed by atoms with Crippen molar-refractivity contribution >= 4 is 89.2 Å². The van der Waals surface area contributed by atoms with Gasteiger partial charge in [0.05, 0.1) is 76.7 Å². The van der Waals surface area contributed by atoms with Crippen LogP contribution in [0.1, 0.15) is 129 Å². The van der Waals surface area contributed by atoms with Crippen molar-refractivity contribution < 1.29 is 136 Å². The van der Waals surface area contributed by atoms with Crippen molar-refractivity contribution in [2.24, 2.45) is 10.8 Å². The molecule has 0 aromatic heterocycles. The minimum Gasteiger partial charge on any atom is -0.480 e. The van der Waals surface area contributed by atoms with Crippen LogP contribution >= 0.6 is 0 Å². The Morgan fingerprint density at radius 3 is 1.17 bits per heavy atom. The molecular weight excluding hydrogens is 1360 g/mol. The van der Waals surface area contributed by atoms with E-state index >= 15 is 0 Å². The zero-order chi connectivity index (χ0) is 76.1. The Kier molecular flexibility index (Phi) is 38.6. The lowest BCUT2D eigenvalue weighted by Gasteiger charge is -2.35. The minimum absolute atomic E-state index is 0.00615. The Bertz CT molecular complexity index is 2900. The number of amides is 6. The Hall–Kier alpha value is -8.39. The summed E-state index contributed by atoms with van der Waals surface area (Å²) in [5.74, 6) is -9.51. The summed E-state index contributed by atoms with van der Waals surface area (Å²) in [5, 5.41) is 48.3. The summed E-state index contributed by atoms with van der Waals surface area (Å²) >= 11 is 0. The lowest BCUT2D eigenvalue weighted by molar-refractivity contribution is -0.205. The lowest BCUT2D eigenvalue weighted by atomic mass is 9.79. The van der Waals surface area contributed by atoms with Crippen LogP contribution in [0.2, 0.25) is 0 Å². The van der Waals surface area contributed by atoms with Crippen molar-refractivity contribution in [1.82, 2.24) is 39.5 Å². The zero-order valence-corrected chi connectivity index (χ0v) is 59.3. The van der Waals surface area contributed by atoms with Crippen molar-refractivity contribution in [2.75, 3.05) is 152 Å². The largest absolute Gasteiger partial charge is 0.480 e. The molecule has 5 rings (SSSR count). The van der Waals surface area contributed by atoms with Gasteiger partial charge in [-0.25, -0.2) is 19.2 Å². The normalized spacial score (nSPS) is 22.2. The predicted molar refractivity (Wildman–Crippen MR) is 355 cm³/mol. The van der Waals surface area contributed by atoms with Crippen LogP contribution in [0, 0.1) is 10.8 Å². The summed E-state index contributed by atoms with van der Waals surface area (Å²) in [7, 11) is 2.77. The number of carbonyl (C=O) groups is 15. The number of imide groups is 2. The third-order valence-electron chi connectivity index (χ3n) is 17.6. The number of carboxylic acids is 5. The number of hydrogen-bond acceptors (Lipinski definition) is 27. The number of aliphatic carboxylic acids is 5. The van der Waals surface area contributed by atoms with E-state index in [2.05, 4.69) is 0 Å². The van der Waals surface area contributed by atoms with Crippen LogP contribution in [0.3, 0.4) is 0 Å². The van der Waals surface area contributed by atoms with Gasteiger partial charge in [-0.15, -0.1) is 10.1 Å². The Morgan fingerprint density at radius 1 is 0.466 bits per heavy atom. The van der Waals surface area contributed by atoms with E-state index in [1.807, 2.05) is 0 Å². The first-order valence-electron chi connectivity index (χ1n) is 34.6. The number of likely N-dealkylation sites (N-methyl/N-ethyl adjacent to an activating group) is 2. The monoisotopic (exact) mass is 1470 g/mol. The second-order valence-electron chi connectivity index (χ2n) is 26.2. The predicted octanol–water partition coefficient (Wildman–Crippen LogP) is 1.89. The van der Waals surface area contributed by atoms with Crippen molar-refractivity contribution in [3.63, 3.8) is 0 Å². The molecule has 0 spiro atoms. The molecule has 103 heavy (non-hydrogen) atoms. The molecule has 5 atom stereocenters. The second kappa shape index (κ2) is 45.7. The van der Waals surface area contributed by atoms with Crippen LogP contribution in [-0.4, -0.2) is 325 Å². The van der Waals surface area contributed by atoms with Gasteiger partial charge in [-0.2, -0.15) is 0 Å². The van der Waals surface area contributed by atoms with Gasteiger partial charge >= 0.3 is 54.0 Å². The fraction of sp³-hybridized carbons (Fsp3) is 0.716. The molecule has 3 fully saturated rings. The van der Waals surface area contributed by atoms with E-state index in [0.717, 1.165) is 4.90 Å². The molecular formula is C67H102N8O28. The van der Waals surface area contributed by atoms with Gasteiger partial charge in [0.1, 0.15) is 30.6 Å². The number of hydrogen-bond donors (Lipinski definition) is 5. The van der Waals surface area contributed by atoms with E-state index in [0.29, 0.717) is 101 Å². The van der Waals surface area contributed by atoms with Crippen molar-refractivity contribution in [3.8, 4) is 0 Å². The van der Waals surface area contributed by atoms with Gasteiger partial charge in [0.15, 0.2) is 5.78 Å². The Morgan fingerprint density at radius 2 is 0.816 bits per heavy atom. The van der Waals surface area contributed by atoms with Gasteiger partial charge in [0, 0.05) is 125 Å². The van der Waals surface area contributed by atoms with E-state index in [9.17, 15) is 92.3 Å². The van der Waals surface area contributed by atoms with E-state index in [-0.39, 0.29) is 168 Å². The summed E-state index contributed by atoms with van der Waals surface area (Å²) in [6.45, 7) is 5.46. The second-order valence-corrected chi connectivity index (χ2v) is 26.2. The van der Waals surface area contributed by atoms with Crippen LogP contribution in [-0.2, 0) is 100 Å². The van der Waals surface area contributed by atoms with Gasteiger partial charge in [-0.3, -0.25) is 72.3 Å². The lowest BCUT2D eigenvalue weighted by Crippen LogP contribution is -2.51. The molecule has 36 nitrogen and oxygen atoms in total. The number of ether oxygens (including phenoxy) is 6. The molecule has 2 aliphatic carbocycles. The standard InChI is InChI=1S/C49H78N6O20.C18H24N2O8/c1-49(47(68)75-55-41(58)12-13-42(55)59)15-4-3-9-39(14-16-49)74-48(69)50(2)33-38(57)8-6-26-71-28-30-73-32-31-72-29-27-70-25-5-7-37(56)10-11-40(46(66)67)54-23-21-52(35-44(62)63)19-17-51(34-43(60)61)18-20-53(22-24-54)36-45(64)65;1-18(16(25)28-20-13(21)6-7-14(20)22)9-4-3-5-12(8-10-18)27-17(26)19(2)11-15(23)24/h3,9,39-40H,4-8,10-36H2,1-2H3,(H,60,61)(H,62,63)(H,64,65)(H,66,67);3,5,12H,4,6-11H2,1-2H3,(H,23,24)/b9-3+;5-3+/t39-,40?,49+;12-,18+/m11/s1. The molecule has 578 valence electrons. The molecule has 36 heteroatoms. The number of Topliss-reactive ketones (excluding diaryl/α,β-unsaturated/α-hetero) is 2. The Labute approximate surface area is 597 Å². The molecule has 5 aliphatic rings. The van der Waals surface area contributed by atoms with Gasteiger partial charge in [0.2, 0.25) is 0 Å². The van der Waals surface area contributed by atoms with Gasteiger partial charge in [-0.1, -0.05) is 12.2 Å². The number of ketones is 2. The molecule has 0 aromatic rings. The maximum Gasteiger partial charge on any atom is 0.410 e. The highest BCUT2D eigenvalue weighted by Crippen LogP contribution is 2.37. The molecule has 0 radical (unpaired) electrons. The highest BCUT2D eigenvalue weighted by molar-refractivity contribution is 6.02. The van der Waals surface area contributed by atoms with Gasteiger partial charge < -0.3 is 73.4 Å².